The van der Waals surface area contributed by atoms with Crippen LogP contribution in [0.1, 0.15) is 29.8 Å². The number of fused-ring (bicyclic) bond motifs is 1. The summed E-state index contributed by atoms with van der Waals surface area (Å²) < 4.78 is 0. The van der Waals surface area contributed by atoms with Crippen molar-refractivity contribution < 1.29 is 9.59 Å². The van der Waals surface area contributed by atoms with E-state index in [1.54, 1.807) is 30.3 Å². The maximum absolute atomic E-state index is 12.3. The normalized spacial score (nSPS) is 10.9. The van der Waals surface area contributed by atoms with E-state index in [4.69, 9.17) is 12.2 Å². The molecule has 0 saturated carbocycles. The maximum atomic E-state index is 12.3. The Morgan fingerprint density at radius 2 is 1.70 bits per heavy atom. The van der Waals surface area contributed by atoms with Gasteiger partial charge in [0.15, 0.2) is 5.11 Å². The SMILES string of the molecule is CC(C)NC(=O)c1cccc(NC(=S)NC(=O)/C=C/c2cccc3ccccc23)c1. The van der Waals surface area contributed by atoms with Gasteiger partial charge < -0.3 is 10.6 Å². The molecule has 0 unspecified atom stereocenters. The summed E-state index contributed by atoms with van der Waals surface area (Å²) in [5.74, 6) is -0.504. The molecular formula is C24H23N3O2S. The molecule has 30 heavy (non-hydrogen) atoms. The lowest BCUT2D eigenvalue weighted by Crippen LogP contribution is -2.33. The average molecular weight is 418 g/mol. The lowest BCUT2D eigenvalue weighted by molar-refractivity contribution is -0.115. The number of anilines is 1. The Hall–Kier alpha value is -3.51. The van der Waals surface area contributed by atoms with Crippen molar-refractivity contribution in [2.45, 2.75) is 19.9 Å². The van der Waals surface area contributed by atoms with Gasteiger partial charge in [-0.1, -0.05) is 48.5 Å². The Kier molecular flexibility index (Phi) is 6.93. The van der Waals surface area contributed by atoms with Crippen molar-refractivity contribution in [2.75, 3.05) is 5.32 Å². The Morgan fingerprint density at radius 1 is 0.967 bits per heavy atom. The van der Waals surface area contributed by atoms with Gasteiger partial charge in [-0.05, 0) is 66.7 Å². The van der Waals surface area contributed by atoms with Crippen molar-refractivity contribution in [3.63, 3.8) is 0 Å². The summed E-state index contributed by atoms with van der Waals surface area (Å²) in [5, 5.41) is 10.7. The second kappa shape index (κ2) is 9.80. The van der Waals surface area contributed by atoms with Crippen LogP contribution in [0.15, 0.2) is 72.8 Å². The van der Waals surface area contributed by atoms with Gasteiger partial charge in [0.05, 0.1) is 0 Å². The van der Waals surface area contributed by atoms with Crippen LogP contribution < -0.4 is 16.0 Å². The van der Waals surface area contributed by atoms with Gasteiger partial charge in [-0.3, -0.25) is 14.9 Å². The molecule has 3 aromatic rings. The summed E-state index contributed by atoms with van der Waals surface area (Å²) >= 11 is 5.22. The molecule has 3 rings (SSSR count). The highest BCUT2D eigenvalue weighted by Crippen LogP contribution is 2.19. The molecule has 3 aromatic carbocycles. The Labute approximate surface area is 181 Å². The van der Waals surface area contributed by atoms with E-state index in [-0.39, 0.29) is 23.0 Å². The van der Waals surface area contributed by atoms with E-state index in [1.165, 1.54) is 6.08 Å². The lowest BCUT2D eigenvalue weighted by atomic mass is 10.0. The topological polar surface area (TPSA) is 70.2 Å². The van der Waals surface area contributed by atoms with E-state index in [0.717, 1.165) is 16.3 Å². The molecule has 0 aliphatic carbocycles. The van der Waals surface area contributed by atoms with E-state index < -0.39 is 0 Å². The minimum absolute atomic E-state index is 0.0444. The number of thiocarbonyl (C=S) groups is 1. The fourth-order valence-corrected chi connectivity index (χ4v) is 3.18. The summed E-state index contributed by atoms with van der Waals surface area (Å²) in [6, 6.07) is 20.9. The molecule has 152 valence electrons. The number of benzene rings is 3. The van der Waals surface area contributed by atoms with Crippen LogP contribution in [-0.2, 0) is 4.79 Å². The van der Waals surface area contributed by atoms with Crippen LogP contribution in [0.5, 0.6) is 0 Å². The molecule has 0 radical (unpaired) electrons. The van der Waals surface area contributed by atoms with Crippen LogP contribution in [0, 0.1) is 0 Å². The highest BCUT2D eigenvalue weighted by Gasteiger charge is 2.08. The second-order valence-corrected chi connectivity index (χ2v) is 7.46. The first-order valence-electron chi connectivity index (χ1n) is 9.61. The fourth-order valence-electron chi connectivity index (χ4n) is 2.96. The van der Waals surface area contributed by atoms with Gasteiger partial charge in [-0.2, -0.15) is 0 Å². The monoisotopic (exact) mass is 417 g/mol. The standard InChI is InChI=1S/C24H23N3O2S/c1-16(2)25-23(29)19-10-6-11-20(15-19)26-24(30)27-22(28)14-13-18-9-5-8-17-7-3-4-12-21(17)18/h3-16H,1-2H3,(H,25,29)(H2,26,27,28,30)/b14-13+. The van der Waals surface area contributed by atoms with Gasteiger partial charge in [-0.15, -0.1) is 0 Å². The Bertz CT molecular complexity index is 1120. The molecule has 0 saturated heterocycles. The van der Waals surface area contributed by atoms with E-state index in [9.17, 15) is 9.59 Å². The Balaban J connectivity index is 1.61. The van der Waals surface area contributed by atoms with Gasteiger partial charge >= 0.3 is 0 Å². The first-order chi connectivity index (χ1) is 14.4. The fraction of sp³-hybridized carbons (Fsp3) is 0.125. The van der Waals surface area contributed by atoms with Gasteiger partial charge in [0.25, 0.3) is 5.91 Å². The van der Waals surface area contributed by atoms with Crippen LogP contribution in [0.3, 0.4) is 0 Å². The zero-order valence-corrected chi connectivity index (χ0v) is 17.6. The van der Waals surface area contributed by atoms with Gasteiger partial charge in [0.1, 0.15) is 0 Å². The van der Waals surface area contributed by atoms with Crippen molar-refractivity contribution in [1.82, 2.24) is 10.6 Å². The number of carbonyl (C=O) groups excluding carboxylic acids is 2. The summed E-state index contributed by atoms with van der Waals surface area (Å²) in [6.45, 7) is 3.80. The molecule has 0 atom stereocenters. The van der Waals surface area contributed by atoms with E-state index in [0.29, 0.717) is 11.3 Å². The summed E-state index contributed by atoms with van der Waals surface area (Å²) in [7, 11) is 0. The zero-order valence-electron chi connectivity index (χ0n) is 16.8. The molecule has 3 N–H and O–H groups in total. The zero-order chi connectivity index (χ0) is 21.5. The molecule has 0 spiro atoms. The third-order valence-electron chi connectivity index (χ3n) is 4.28. The predicted octanol–water partition coefficient (Wildman–Crippen LogP) is 4.50. The van der Waals surface area contributed by atoms with Crippen molar-refractivity contribution in [3.8, 4) is 0 Å². The molecule has 2 amide bonds. The number of hydrogen-bond acceptors (Lipinski definition) is 3. The summed E-state index contributed by atoms with van der Waals surface area (Å²) in [6.07, 6.45) is 3.21. The van der Waals surface area contributed by atoms with Crippen LogP contribution in [0.25, 0.3) is 16.8 Å². The van der Waals surface area contributed by atoms with E-state index in [1.807, 2.05) is 56.3 Å². The number of rotatable bonds is 5. The minimum Gasteiger partial charge on any atom is -0.350 e. The highest BCUT2D eigenvalue weighted by molar-refractivity contribution is 7.80. The highest BCUT2D eigenvalue weighted by atomic mass is 32.1. The minimum atomic E-state index is -0.339. The van der Waals surface area contributed by atoms with E-state index >= 15 is 0 Å². The van der Waals surface area contributed by atoms with E-state index in [2.05, 4.69) is 16.0 Å². The van der Waals surface area contributed by atoms with Crippen LogP contribution in [0.2, 0.25) is 0 Å². The van der Waals surface area contributed by atoms with Crippen LogP contribution in [0.4, 0.5) is 5.69 Å². The predicted molar refractivity (Wildman–Crippen MR) is 126 cm³/mol. The first-order valence-corrected chi connectivity index (χ1v) is 10.0. The smallest absolute Gasteiger partial charge is 0.251 e. The lowest BCUT2D eigenvalue weighted by Gasteiger charge is -2.11. The molecule has 0 fully saturated rings. The third kappa shape index (κ3) is 5.75. The van der Waals surface area contributed by atoms with Crippen LogP contribution >= 0.6 is 12.2 Å². The van der Waals surface area contributed by atoms with Gasteiger partial charge in [0.2, 0.25) is 5.91 Å². The molecule has 0 aromatic heterocycles. The number of nitrogens with one attached hydrogen (secondary N) is 3. The molecule has 0 aliphatic rings. The van der Waals surface area contributed by atoms with Crippen LogP contribution in [-0.4, -0.2) is 23.0 Å². The number of amides is 2. The largest absolute Gasteiger partial charge is 0.350 e. The van der Waals surface area contributed by atoms with Gasteiger partial charge in [-0.25, -0.2) is 0 Å². The molecule has 0 heterocycles. The number of carbonyl (C=O) groups is 2. The van der Waals surface area contributed by atoms with Crippen molar-refractivity contribution in [2.24, 2.45) is 0 Å². The molecule has 0 bridgehead atoms. The molecule has 0 aliphatic heterocycles. The molecular weight excluding hydrogens is 394 g/mol. The molecule has 5 nitrogen and oxygen atoms in total. The van der Waals surface area contributed by atoms with Crippen molar-refractivity contribution in [3.05, 3.63) is 83.9 Å². The van der Waals surface area contributed by atoms with Crippen molar-refractivity contribution in [1.29, 1.82) is 0 Å². The first kappa shape index (κ1) is 21.2. The maximum Gasteiger partial charge on any atom is 0.251 e. The number of hydrogen-bond donors (Lipinski definition) is 3. The van der Waals surface area contributed by atoms with Crippen molar-refractivity contribution >= 4 is 51.7 Å². The average Bonchev–Trinajstić information content (AvgIpc) is 2.71. The summed E-state index contributed by atoms with van der Waals surface area (Å²) in [4.78, 5) is 24.4. The summed E-state index contributed by atoms with van der Waals surface area (Å²) in [5.41, 5.74) is 2.08. The second-order valence-electron chi connectivity index (χ2n) is 7.05. The molecule has 6 heteroatoms. The Morgan fingerprint density at radius 3 is 2.50 bits per heavy atom. The van der Waals surface area contributed by atoms with Gasteiger partial charge in [0, 0.05) is 23.4 Å². The third-order valence-corrected chi connectivity index (χ3v) is 4.48. The quantitative estimate of drug-likeness (QED) is 0.422.